The van der Waals surface area contributed by atoms with Crippen molar-refractivity contribution in [3.8, 4) is 27.9 Å². The molecule has 2 atom stereocenters. The standard InChI is InChI=1S/C54H43N/c1-32-12-4-5-15-36(32)43-28-29-45-46-30-31-47-40-18-8-9-21-48(40)55(53(47)52(46)54(2,3)51(45)49(43)34-13-10-14-34)35-24-22-33(23-25-35)37-26-27-44-39-17-7-6-16-38(39)42-20-11-19-41(37)50(42)44/h4-9,11-12,15-31,34,41,50H,10,13-14H2,1-3H3. The molecule has 55 heavy (non-hydrogen) atoms. The van der Waals surface area contributed by atoms with Crippen LogP contribution in [0.5, 0.6) is 0 Å². The number of aryl methyl sites for hydroxylation is 1. The summed E-state index contributed by atoms with van der Waals surface area (Å²) in [5.41, 5.74) is 23.7. The van der Waals surface area contributed by atoms with Crippen LogP contribution >= 0.6 is 0 Å². The smallest absolute Gasteiger partial charge is 0.0588 e. The number of hydrogen-bond acceptors (Lipinski definition) is 0. The van der Waals surface area contributed by atoms with Gasteiger partial charge in [0.25, 0.3) is 0 Å². The van der Waals surface area contributed by atoms with Crippen molar-refractivity contribution in [3.63, 3.8) is 0 Å². The average molecular weight is 706 g/mol. The molecule has 0 radical (unpaired) electrons. The Morgan fingerprint density at radius 3 is 1.98 bits per heavy atom. The molecule has 6 aromatic carbocycles. The number of fused-ring (bicyclic) bond motifs is 10. The van der Waals surface area contributed by atoms with Crippen molar-refractivity contribution in [1.29, 1.82) is 0 Å². The molecule has 5 aliphatic carbocycles. The van der Waals surface area contributed by atoms with Crippen LogP contribution in [0.4, 0.5) is 0 Å². The fourth-order valence-electron chi connectivity index (χ4n) is 11.4. The molecule has 0 aliphatic heterocycles. The highest BCUT2D eigenvalue weighted by Gasteiger charge is 2.44. The highest BCUT2D eigenvalue weighted by atomic mass is 15.0. The van der Waals surface area contributed by atoms with Gasteiger partial charge in [-0.3, -0.25) is 0 Å². The number of benzene rings is 6. The van der Waals surface area contributed by atoms with Gasteiger partial charge >= 0.3 is 0 Å². The Labute approximate surface area is 323 Å². The predicted octanol–water partition coefficient (Wildman–Crippen LogP) is 14.0. The topological polar surface area (TPSA) is 4.93 Å². The summed E-state index contributed by atoms with van der Waals surface area (Å²) in [4.78, 5) is 0. The third-order valence-corrected chi connectivity index (χ3v) is 14.0. The molecule has 2 unspecified atom stereocenters. The summed E-state index contributed by atoms with van der Waals surface area (Å²) in [6.07, 6.45) is 15.7. The molecule has 1 nitrogen and oxygen atoms in total. The second-order valence-corrected chi connectivity index (χ2v) is 17.1. The van der Waals surface area contributed by atoms with Gasteiger partial charge in [0.2, 0.25) is 0 Å². The number of para-hydroxylation sites is 1. The Morgan fingerprint density at radius 2 is 1.22 bits per heavy atom. The van der Waals surface area contributed by atoms with E-state index in [1.165, 1.54) is 114 Å². The van der Waals surface area contributed by atoms with E-state index in [1.54, 1.807) is 11.1 Å². The van der Waals surface area contributed by atoms with Gasteiger partial charge in [0.05, 0.1) is 11.0 Å². The first-order valence-electron chi connectivity index (χ1n) is 20.3. The fraction of sp³-hybridized carbons (Fsp3) is 0.185. The Kier molecular flexibility index (Phi) is 6.46. The molecule has 0 saturated heterocycles. The average Bonchev–Trinajstić information content (AvgIpc) is 3.79. The zero-order valence-corrected chi connectivity index (χ0v) is 31.7. The monoisotopic (exact) mass is 705 g/mol. The van der Waals surface area contributed by atoms with Gasteiger partial charge in [-0.25, -0.2) is 0 Å². The number of nitrogens with zero attached hydrogens (tertiary/aromatic N) is 1. The minimum atomic E-state index is -0.172. The molecule has 264 valence electrons. The lowest BCUT2D eigenvalue weighted by molar-refractivity contribution is 0.414. The third kappa shape index (κ3) is 4.19. The maximum absolute atomic E-state index is 2.58. The van der Waals surface area contributed by atoms with E-state index in [1.807, 2.05) is 0 Å². The second-order valence-electron chi connectivity index (χ2n) is 17.1. The summed E-state index contributed by atoms with van der Waals surface area (Å²) in [5.74, 6) is 1.33. The van der Waals surface area contributed by atoms with Crippen molar-refractivity contribution in [3.05, 3.63) is 191 Å². The number of hydrogen-bond donors (Lipinski definition) is 0. The lowest BCUT2D eigenvalue weighted by Crippen LogP contribution is -2.22. The highest BCUT2D eigenvalue weighted by molar-refractivity contribution is 6.13. The maximum atomic E-state index is 2.58. The minimum Gasteiger partial charge on any atom is -0.309 e. The Hall–Kier alpha value is -5.92. The first-order chi connectivity index (χ1) is 27.0. The molecule has 1 fully saturated rings. The highest BCUT2D eigenvalue weighted by Crippen LogP contribution is 2.59. The predicted molar refractivity (Wildman–Crippen MR) is 232 cm³/mol. The van der Waals surface area contributed by atoms with Crippen LogP contribution in [0.1, 0.15) is 78.0 Å². The van der Waals surface area contributed by atoms with Crippen LogP contribution in [0.15, 0.2) is 152 Å². The van der Waals surface area contributed by atoms with Crippen molar-refractivity contribution < 1.29 is 0 Å². The molecule has 1 heteroatoms. The Bertz CT molecular complexity index is 2930. The molecule has 1 heterocycles. The number of aromatic nitrogens is 1. The fourth-order valence-corrected chi connectivity index (χ4v) is 11.4. The third-order valence-electron chi connectivity index (χ3n) is 14.0. The van der Waals surface area contributed by atoms with Gasteiger partial charge in [-0.2, -0.15) is 0 Å². The molecule has 7 aromatic rings. The van der Waals surface area contributed by atoms with Gasteiger partial charge in [0.1, 0.15) is 0 Å². The van der Waals surface area contributed by atoms with E-state index in [0.29, 0.717) is 17.8 Å². The summed E-state index contributed by atoms with van der Waals surface area (Å²) >= 11 is 0. The van der Waals surface area contributed by atoms with Gasteiger partial charge in [-0.15, -0.1) is 0 Å². The van der Waals surface area contributed by atoms with E-state index in [2.05, 4.69) is 177 Å². The first kappa shape index (κ1) is 31.4. The first-order valence-corrected chi connectivity index (χ1v) is 20.3. The van der Waals surface area contributed by atoms with Gasteiger partial charge in [0, 0.05) is 33.7 Å². The van der Waals surface area contributed by atoms with Crippen LogP contribution in [0.2, 0.25) is 0 Å². The zero-order chi connectivity index (χ0) is 36.6. The summed E-state index contributed by atoms with van der Waals surface area (Å²) in [7, 11) is 0. The maximum Gasteiger partial charge on any atom is 0.0588 e. The van der Waals surface area contributed by atoms with E-state index in [-0.39, 0.29) is 5.41 Å². The van der Waals surface area contributed by atoms with E-state index in [9.17, 15) is 0 Å². The van der Waals surface area contributed by atoms with Gasteiger partial charge in [0.15, 0.2) is 0 Å². The number of allylic oxidation sites excluding steroid dienone is 8. The van der Waals surface area contributed by atoms with Gasteiger partial charge in [-0.05, 0) is 122 Å². The molecule has 5 aliphatic rings. The van der Waals surface area contributed by atoms with Crippen molar-refractivity contribution in [2.45, 2.75) is 51.4 Å². The second kappa shape index (κ2) is 11.3. The van der Waals surface area contributed by atoms with Crippen molar-refractivity contribution >= 4 is 38.5 Å². The van der Waals surface area contributed by atoms with Crippen molar-refractivity contribution in [2.24, 2.45) is 11.8 Å². The molecule has 0 spiro atoms. The SMILES string of the molecule is Cc1ccccc1-c1ccc2c(c1C1CCC1)C(C)(C)c1c-2ccc2c3ccccc3n(-c3ccc(C4=CC=C5c6ccccc6C6=CC=CC4C65)cc3)c12. The van der Waals surface area contributed by atoms with Crippen molar-refractivity contribution in [2.75, 3.05) is 0 Å². The summed E-state index contributed by atoms with van der Waals surface area (Å²) < 4.78 is 2.58. The largest absolute Gasteiger partial charge is 0.309 e. The van der Waals surface area contributed by atoms with Gasteiger partial charge in [-0.1, -0.05) is 154 Å². The molecular weight excluding hydrogens is 663 g/mol. The summed E-state index contributed by atoms with van der Waals surface area (Å²) in [5, 5.41) is 2.65. The van der Waals surface area contributed by atoms with Crippen molar-refractivity contribution in [1.82, 2.24) is 4.57 Å². The summed E-state index contributed by atoms with van der Waals surface area (Å²) in [6.45, 7) is 7.28. The minimum absolute atomic E-state index is 0.172. The van der Waals surface area contributed by atoms with Gasteiger partial charge < -0.3 is 4.57 Å². The van der Waals surface area contributed by atoms with Crippen LogP contribution in [0.25, 0.3) is 66.5 Å². The van der Waals surface area contributed by atoms with E-state index in [4.69, 9.17) is 0 Å². The molecule has 0 bridgehead atoms. The Balaban J connectivity index is 1.03. The van der Waals surface area contributed by atoms with Crippen LogP contribution in [0, 0.1) is 18.8 Å². The molecule has 12 rings (SSSR count). The Morgan fingerprint density at radius 1 is 0.564 bits per heavy atom. The molecule has 0 amide bonds. The van der Waals surface area contributed by atoms with Crippen LogP contribution < -0.4 is 0 Å². The van der Waals surface area contributed by atoms with E-state index in [0.717, 1.165) is 0 Å². The lowest BCUT2D eigenvalue weighted by atomic mass is 9.69. The zero-order valence-electron chi connectivity index (χ0n) is 31.7. The summed E-state index contributed by atoms with van der Waals surface area (Å²) in [6, 6.07) is 46.2. The molecular formula is C54H43N. The molecule has 1 aromatic heterocycles. The van der Waals surface area contributed by atoms with Crippen LogP contribution in [0.3, 0.4) is 0 Å². The van der Waals surface area contributed by atoms with E-state index >= 15 is 0 Å². The number of rotatable bonds is 4. The normalized spacial score (nSPS) is 20.0. The quantitative estimate of drug-likeness (QED) is 0.172. The molecule has 1 saturated carbocycles. The van der Waals surface area contributed by atoms with Crippen LogP contribution in [-0.4, -0.2) is 4.57 Å². The van der Waals surface area contributed by atoms with E-state index < -0.39 is 0 Å². The van der Waals surface area contributed by atoms with Crippen LogP contribution in [-0.2, 0) is 5.41 Å². The lowest BCUT2D eigenvalue weighted by Gasteiger charge is -2.35. The molecule has 0 N–H and O–H groups in total.